The molecule has 1 aliphatic rings. The van der Waals surface area contributed by atoms with E-state index < -0.39 is 29.3 Å². The van der Waals surface area contributed by atoms with Crippen molar-refractivity contribution in [2.45, 2.75) is 13.0 Å². The molecule has 170 valence electrons. The number of ketones is 1. The molecule has 1 unspecified atom stereocenters. The molecule has 2 heterocycles. The number of thiophene rings is 1. The van der Waals surface area contributed by atoms with Gasteiger partial charge in [-0.05, 0) is 48.2 Å². The van der Waals surface area contributed by atoms with Crippen LogP contribution in [0.15, 0.2) is 53.4 Å². The number of hydrogen-bond acceptors (Lipinski definition) is 6. The summed E-state index contributed by atoms with van der Waals surface area (Å²) in [4.78, 5) is 28.2. The van der Waals surface area contributed by atoms with E-state index in [0.29, 0.717) is 4.88 Å². The van der Waals surface area contributed by atoms with Crippen LogP contribution in [0.2, 0.25) is 5.02 Å². The normalized spacial score (nSPS) is 17.5. The van der Waals surface area contributed by atoms with E-state index in [1.165, 1.54) is 66.9 Å². The van der Waals surface area contributed by atoms with E-state index in [9.17, 15) is 19.1 Å². The molecule has 0 radical (unpaired) electrons. The molecule has 4 rings (SSSR count). The zero-order chi connectivity index (χ0) is 23.9. The maximum Gasteiger partial charge on any atom is 0.300 e. The average molecular weight is 488 g/mol. The third-order valence-corrected chi connectivity index (χ3v) is 6.78. The van der Waals surface area contributed by atoms with Gasteiger partial charge < -0.3 is 14.6 Å². The lowest BCUT2D eigenvalue weighted by atomic mass is 9.97. The number of aliphatic hydroxyl groups is 1. The molecule has 9 heteroatoms. The number of aliphatic hydroxyl groups excluding tert-OH is 1. The molecule has 1 atom stereocenters. The Kier molecular flexibility index (Phi) is 6.14. The Labute approximate surface area is 198 Å². The highest BCUT2D eigenvalue weighted by molar-refractivity contribution is 7.10. The number of hydrogen-bond donors (Lipinski definition) is 1. The number of amides is 1. The molecule has 2 aromatic carbocycles. The molecule has 1 aliphatic heterocycles. The number of halogens is 2. The van der Waals surface area contributed by atoms with Crippen molar-refractivity contribution in [2.75, 3.05) is 19.1 Å². The van der Waals surface area contributed by atoms with Gasteiger partial charge in [-0.15, -0.1) is 11.3 Å². The topological polar surface area (TPSA) is 76.1 Å². The second kappa shape index (κ2) is 8.88. The van der Waals surface area contributed by atoms with Crippen molar-refractivity contribution in [1.82, 2.24) is 0 Å². The first-order valence-corrected chi connectivity index (χ1v) is 11.1. The van der Waals surface area contributed by atoms with Crippen molar-refractivity contribution in [3.05, 3.63) is 80.3 Å². The molecule has 1 saturated heterocycles. The van der Waals surface area contributed by atoms with Crippen LogP contribution in [0, 0.1) is 12.7 Å². The Morgan fingerprint density at radius 2 is 1.85 bits per heavy atom. The van der Waals surface area contributed by atoms with Gasteiger partial charge in [0.1, 0.15) is 29.1 Å². The van der Waals surface area contributed by atoms with Gasteiger partial charge in [0.2, 0.25) is 0 Å². The summed E-state index contributed by atoms with van der Waals surface area (Å²) in [5.74, 6) is -2.33. The fraction of sp³-hybridized carbons (Fsp3) is 0.167. The number of rotatable bonds is 5. The van der Waals surface area contributed by atoms with Gasteiger partial charge in [-0.2, -0.15) is 0 Å². The monoisotopic (exact) mass is 487 g/mol. The molecule has 33 heavy (non-hydrogen) atoms. The van der Waals surface area contributed by atoms with E-state index in [4.69, 9.17) is 21.1 Å². The van der Waals surface area contributed by atoms with Gasteiger partial charge in [0.05, 0.1) is 30.4 Å². The first-order valence-electron chi connectivity index (χ1n) is 9.81. The van der Waals surface area contributed by atoms with Crippen LogP contribution in [0.25, 0.3) is 5.76 Å². The Hall–Kier alpha value is -3.36. The largest absolute Gasteiger partial charge is 0.507 e. The second-order valence-electron chi connectivity index (χ2n) is 7.30. The Morgan fingerprint density at radius 1 is 1.12 bits per heavy atom. The van der Waals surface area contributed by atoms with Gasteiger partial charge >= 0.3 is 0 Å². The van der Waals surface area contributed by atoms with Gasteiger partial charge in [0.15, 0.2) is 0 Å². The summed E-state index contributed by atoms with van der Waals surface area (Å²) >= 11 is 7.51. The zero-order valence-corrected chi connectivity index (χ0v) is 19.5. The number of carbonyl (C=O) groups is 2. The van der Waals surface area contributed by atoms with Gasteiger partial charge in [0.25, 0.3) is 11.7 Å². The molecular formula is C24H19ClFNO5S. The number of nitrogens with zero attached hydrogens (tertiary/aromatic N) is 1. The van der Waals surface area contributed by atoms with E-state index in [0.717, 1.165) is 5.56 Å². The first-order chi connectivity index (χ1) is 15.8. The predicted molar refractivity (Wildman–Crippen MR) is 125 cm³/mol. The van der Waals surface area contributed by atoms with Crippen LogP contribution in [0.4, 0.5) is 10.1 Å². The minimum atomic E-state index is -0.960. The SMILES string of the molecule is COc1cc(/C(O)=C2\C(=O)C(=O)N(c3cccc(F)c3)C2c2sccc2C)c(OC)cc1Cl. The molecule has 1 aromatic heterocycles. The summed E-state index contributed by atoms with van der Waals surface area (Å²) in [5.41, 5.74) is 1.02. The maximum absolute atomic E-state index is 14.0. The molecule has 1 fully saturated rings. The van der Waals surface area contributed by atoms with E-state index >= 15 is 0 Å². The molecule has 0 saturated carbocycles. The van der Waals surface area contributed by atoms with Crippen LogP contribution in [-0.2, 0) is 9.59 Å². The van der Waals surface area contributed by atoms with Gasteiger partial charge in [0, 0.05) is 16.6 Å². The van der Waals surface area contributed by atoms with Gasteiger partial charge in [-0.1, -0.05) is 17.7 Å². The average Bonchev–Trinajstić information content (AvgIpc) is 3.33. The van der Waals surface area contributed by atoms with Crippen LogP contribution >= 0.6 is 22.9 Å². The molecule has 0 spiro atoms. The highest BCUT2D eigenvalue weighted by atomic mass is 35.5. The summed E-state index contributed by atoms with van der Waals surface area (Å²) in [6.45, 7) is 1.84. The third kappa shape index (κ3) is 3.85. The highest BCUT2D eigenvalue weighted by Crippen LogP contribution is 2.46. The number of carbonyl (C=O) groups excluding carboxylic acids is 2. The quantitative estimate of drug-likeness (QED) is 0.292. The summed E-state index contributed by atoms with van der Waals surface area (Å²) < 4.78 is 24.6. The summed E-state index contributed by atoms with van der Waals surface area (Å²) in [7, 11) is 2.80. The van der Waals surface area contributed by atoms with Crippen molar-refractivity contribution >= 4 is 46.1 Å². The minimum absolute atomic E-state index is 0.134. The van der Waals surface area contributed by atoms with Crippen LogP contribution < -0.4 is 14.4 Å². The molecule has 3 aromatic rings. The Balaban J connectivity index is 2.01. The van der Waals surface area contributed by atoms with Gasteiger partial charge in [-0.3, -0.25) is 14.5 Å². The number of methoxy groups -OCH3 is 2. The number of ether oxygens (including phenoxy) is 2. The third-order valence-electron chi connectivity index (χ3n) is 5.41. The van der Waals surface area contributed by atoms with Crippen LogP contribution in [0.5, 0.6) is 11.5 Å². The maximum atomic E-state index is 14.0. The number of anilines is 1. The number of benzene rings is 2. The Bertz CT molecular complexity index is 1300. The lowest BCUT2D eigenvalue weighted by Crippen LogP contribution is -2.29. The Morgan fingerprint density at radius 3 is 2.45 bits per heavy atom. The van der Waals surface area contributed by atoms with Gasteiger partial charge in [-0.25, -0.2) is 4.39 Å². The summed E-state index contributed by atoms with van der Waals surface area (Å²) in [5, 5.41) is 13.4. The fourth-order valence-electron chi connectivity index (χ4n) is 3.83. The molecule has 6 nitrogen and oxygen atoms in total. The zero-order valence-electron chi connectivity index (χ0n) is 17.9. The van der Waals surface area contributed by atoms with E-state index in [1.807, 2.05) is 18.4 Å². The molecule has 1 amide bonds. The van der Waals surface area contributed by atoms with Crippen LogP contribution in [0.1, 0.15) is 22.0 Å². The van der Waals surface area contributed by atoms with Crippen molar-refractivity contribution in [3.8, 4) is 11.5 Å². The van der Waals surface area contributed by atoms with E-state index in [2.05, 4.69) is 0 Å². The number of Topliss-reactive ketones (excluding diaryl/α,β-unsaturated/α-hetero) is 1. The minimum Gasteiger partial charge on any atom is -0.507 e. The number of aryl methyl sites for hydroxylation is 1. The molecule has 1 N–H and O–H groups in total. The lowest BCUT2D eigenvalue weighted by molar-refractivity contribution is -0.132. The molecular weight excluding hydrogens is 469 g/mol. The van der Waals surface area contributed by atoms with E-state index in [1.54, 1.807) is 0 Å². The van der Waals surface area contributed by atoms with Crippen LogP contribution in [-0.4, -0.2) is 31.0 Å². The smallest absolute Gasteiger partial charge is 0.300 e. The lowest BCUT2D eigenvalue weighted by Gasteiger charge is -2.25. The van der Waals surface area contributed by atoms with Crippen molar-refractivity contribution in [3.63, 3.8) is 0 Å². The second-order valence-corrected chi connectivity index (χ2v) is 8.66. The fourth-order valence-corrected chi connectivity index (χ4v) is 5.08. The first kappa shape index (κ1) is 22.8. The van der Waals surface area contributed by atoms with Crippen molar-refractivity contribution in [2.24, 2.45) is 0 Å². The van der Waals surface area contributed by atoms with Crippen molar-refractivity contribution < 1.29 is 28.6 Å². The van der Waals surface area contributed by atoms with Crippen LogP contribution in [0.3, 0.4) is 0 Å². The standard InChI is InChI=1S/C24H19ClFNO5S/c1-12-7-8-33-23(12)20-19(21(28)15-10-18(32-3)16(25)11-17(15)31-2)22(29)24(30)27(20)14-6-4-5-13(26)9-14/h4-11,20,28H,1-3H3/b21-19+. The molecule has 0 bridgehead atoms. The van der Waals surface area contributed by atoms with E-state index in [-0.39, 0.29) is 33.3 Å². The highest BCUT2D eigenvalue weighted by Gasteiger charge is 2.48. The van der Waals surface area contributed by atoms with Crippen molar-refractivity contribution in [1.29, 1.82) is 0 Å². The predicted octanol–water partition coefficient (Wildman–Crippen LogP) is 5.49. The summed E-state index contributed by atoms with van der Waals surface area (Å²) in [6.07, 6.45) is 0. The molecule has 0 aliphatic carbocycles. The summed E-state index contributed by atoms with van der Waals surface area (Å²) in [6, 6.07) is 9.18.